The van der Waals surface area contributed by atoms with Crippen molar-refractivity contribution in [2.24, 2.45) is 0 Å². The van der Waals surface area contributed by atoms with Gasteiger partial charge in [0.15, 0.2) is 5.65 Å². The average Bonchev–Trinajstić information content (AvgIpc) is 3.61. The van der Waals surface area contributed by atoms with Crippen LogP contribution in [0.5, 0.6) is 0 Å². The number of hydrogen-bond donors (Lipinski definition) is 1. The molecular formula is C25H26FN11. The fourth-order valence-corrected chi connectivity index (χ4v) is 4.66. The maximum Gasteiger partial charge on any atom is 0.225 e. The number of piperidine rings is 1. The molecule has 0 radical (unpaired) electrons. The van der Waals surface area contributed by atoms with Crippen molar-refractivity contribution in [1.29, 1.82) is 0 Å². The van der Waals surface area contributed by atoms with E-state index in [0.29, 0.717) is 34.5 Å². The fourth-order valence-electron chi connectivity index (χ4n) is 4.66. The molecule has 1 aliphatic rings. The maximum absolute atomic E-state index is 14.9. The van der Waals surface area contributed by atoms with Crippen molar-refractivity contribution in [2.75, 3.05) is 23.3 Å². The Balaban J connectivity index is 1.18. The van der Waals surface area contributed by atoms with E-state index >= 15 is 0 Å². The molecule has 6 rings (SSSR count). The second kappa shape index (κ2) is 9.52. The number of nitrogens with one attached hydrogen (secondary N) is 1. The molecule has 0 aliphatic carbocycles. The van der Waals surface area contributed by atoms with E-state index in [2.05, 4.69) is 59.5 Å². The zero-order valence-corrected chi connectivity index (χ0v) is 20.5. The summed E-state index contributed by atoms with van der Waals surface area (Å²) in [5.41, 5.74) is 4.40. The molecule has 37 heavy (non-hydrogen) atoms. The summed E-state index contributed by atoms with van der Waals surface area (Å²) >= 11 is 0. The standard InChI is InChI=1S/C25H26FN11/c1-16(2)18-10-29-25(30-11-18)35-7-5-17(6-8-35)23-13-28-24-22(12-27-14-36(23)24)32-21-4-3-19(9-20(21)26)37-15-31-33-34-37/h3-4,9-17,32H,5-8H2,1-2H3. The largest absolute Gasteiger partial charge is 0.349 e. The lowest BCUT2D eigenvalue weighted by molar-refractivity contribution is 0.488. The number of hydrogen-bond acceptors (Lipinski definition) is 9. The van der Waals surface area contributed by atoms with E-state index in [1.54, 1.807) is 24.7 Å². The van der Waals surface area contributed by atoms with Gasteiger partial charge in [0.25, 0.3) is 0 Å². The number of fused-ring (bicyclic) bond motifs is 1. The summed E-state index contributed by atoms with van der Waals surface area (Å²) in [6.45, 7) is 6.01. The van der Waals surface area contributed by atoms with Gasteiger partial charge >= 0.3 is 0 Å². The fraction of sp³-hybridized carbons (Fsp3) is 0.320. The van der Waals surface area contributed by atoms with Gasteiger partial charge in [-0.25, -0.2) is 29.0 Å². The molecule has 1 aliphatic heterocycles. The van der Waals surface area contributed by atoms with Crippen molar-refractivity contribution < 1.29 is 4.39 Å². The Morgan fingerprint density at radius 1 is 0.973 bits per heavy atom. The number of imidazole rings is 1. The lowest BCUT2D eigenvalue weighted by Gasteiger charge is -2.31. The Morgan fingerprint density at radius 3 is 2.49 bits per heavy atom. The zero-order valence-electron chi connectivity index (χ0n) is 20.5. The summed E-state index contributed by atoms with van der Waals surface area (Å²) in [5.74, 6) is 1.08. The van der Waals surface area contributed by atoms with Gasteiger partial charge in [0, 0.05) is 49.4 Å². The number of anilines is 3. The highest BCUT2D eigenvalue weighted by atomic mass is 19.1. The maximum atomic E-state index is 14.9. The minimum Gasteiger partial charge on any atom is -0.349 e. The average molecular weight is 500 g/mol. The molecule has 1 N–H and O–H groups in total. The number of nitrogens with zero attached hydrogens (tertiary/aromatic N) is 10. The molecule has 188 valence electrons. The Bertz CT molecular complexity index is 1500. The molecule has 0 unspecified atom stereocenters. The van der Waals surface area contributed by atoms with Crippen LogP contribution >= 0.6 is 0 Å². The minimum absolute atomic E-state index is 0.313. The quantitative estimate of drug-likeness (QED) is 0.372. The number of tetrazole rings is 1. The normalized spacial score (nSPS) is 14.5. The van der Waals surface area contributed by atoms with Crippen LogP contribution in [0.1, 0.15) is 49.8 Å². The lowest BCUT2D eigenvalue weighted by atomic mass is 9.94. The third-order valence-corrected chi connectivity index (χ3v) is 6.81. The molecule has 0 atom stereocenters. The topological polar surface area (TPSA) is 115 Å². The van der Waals surface area contributed by atoms with E-state index < -0.39 is 5.82 Å². The summed E-state index contributed by atoms with van der Waals surface area (Å²) in [7, 11) is 0. The van der Waals surface area contributed by atoms with Gasteiger partial charge in [0.1, 0.15) is 24.2 Å². The highest BCUT2D eigenvalue weighted by molar-refractivity contribution is 5.73. The van der Waals surface area contributed by atoms with Crippen LogP contribution in [0.15, 0.2) is 55.6 Å². The first kappa shape index (κ1) is 23.0. The van der Waals surface area contributed by atoms with Gasteiger partial charge in [0.05, 0.1) is 17.6 Å². The van der Waals surface area contributed by atoms with E-state index in [0.717, 1.165) is 43.1 Å². The molecule has 5 heterocycles. The van der Waals surface area contributed by atoms with Crippen molar-refractivity contribution in [3.63, 3.8) is 0 Å². The predicted molar refractivity (Wildman–Crippen MR) is 136 cm³/mol. The molecule has 4 aromatic heterocycles. The van der Waals surface area contributed by atoms with Crippen molar-refractivity contribution in [2.45, 2.75) is 38.5 Å². The third-order valence-electron chi connectivity index (χ3n) is 6.81. The molecule has 1 saturated heterocycles. The Kier molecular flexibility index (Phi) is 5.91. The van der Waals surface area contributed by atoms with Crippen LogP contribution in [0.25, 0.3) is 11.3 Å². The molecule has 0 bridgehead atoms. The summed E-state index contributed by atoms with van der Waals surface area (Å²) < 4.78 is 18.2. The van der Waals surface area contributed by atoms with Gasteiger partial charge in [-0.05, 0) is 46.9 Å². The molecule has 12 heteroatoms. The van der Waals surface area contributed by atoms with E-state index in [-0.39, 0.29) is 0 Å². The van der Waals surface area contributed by atoms with Crippen LogP contribution in [0.2, 0.25) is 0 Å². The molecule has 0 amide bonds. The van der Waals surface area contributed by atoms with Gasteiger partial charge in [-0.1, -0.05) is 13.8 Å². The number of benzene rings is 1. The van der Waals surface area contributed by atoms with Crippen LogP contribution in [0.3, 0.4) is 0 Å². The van der Waals surface area contributed by atoms with Gasteiger partial charge in [-0.2, -0.15) is 0 Å². The first-order valence-electron chi connectivity index (χ1n) is 12.2. The second-order valence-corrected chi connectivity index (χ2v) is 9.46. The van der Waals surface area contributed by atoms with Crippen LogP contribution in [0, 0.1) is 5.82 Å². The Hall–Kier alpha value is -4.48. The molecule has 5 aromatic rings. The van der Waals surface area contributed by atoms with Gasteiger partial charge in [-0.15, -0.1) is 5.10 Å². The number of aromatic nitrogens is 9. The van der Waals surface area contributed by atoms with Crippen molar-refractivity contribution in [3.05, 3.63) is 72.7 Å². The van der Waals surface area contributed by atoms with Gasteiger partial charge < -0.3 is 10.2 Å². The molecular weight excluding hydrogens is 473 g/mol. The second-order valence-electron chi connectivity index (χ2n) is 9.46. The Labute approximate surface area is 212 Å². The lowest BCUT2D eigenvalue weighted by Crippen LogP contribution is -2.34. The number of halogens is 1. The molecule has 11 nitrogen and oxygen atoms in total. The van der Waals surface area contributed by atoms with Gasteiger partial charge in [-0.3, -0.25) is 4.40 Å². The van der Waals surface area contributed by atoms with Gasteiger partial charge in [0.2, 0.25) is 5.95 Å². The first-order chi connectivity index (χ1) is 18.1. The minimum atomic E-state index is -0.433. The first-order valence-corrected chi connectivity index (χ1v) is 12.2. The van der Waals surface area contributed by atoms with E-state index in [9.17, 15) is 4.39 Å². The molecule has 0 spiro atoms. The van der Waals surface area contributed by atoms with Crippen molar-refractivity contribution in [3.8, 4) is 5.69 Å². The van der Waals surface area contributed by atoms with Crippen LogP contribution in [-0.4, -0.2) is 57.6 Å². The summed E-state index contributed by atoms with van der Waals surface area (Å²) in [6.07, 6.45) is 12.5. The Morgan fingerprint density at radius 2 is 1.78 bits per heavy atom. The number of rotatable bonds is 6. The molecule has 1 aromatic carbocycles. The zero-order chi connectivity index (χ0) is 25.4. The monoisotopic (exact) mass is 499 g/mol. The smallest absolute Gasteiger partial charge is 0.225 e. The SMILES string of the molecule is CC(C)c1cnc(N2CCC(c3cnc4c(Nc5ccc(-n6cnnn6)cc5F)cncn34)CC2)nc1. The third kappa shape index (κ3) is 4.46. The van der Waals surface area contributed by atoms with Crippen LogP contribution in [-0.2, 0) is 0 Å². The van der Waals surface area contributed by atoms with Crippen molar-refractivity contribution in [1.82, 2.24) is 44.5 Å². The van der Waals surface area contributed by atoms with E-state index in [1.807, 2.05) is 23.0 Å². The summed E-state index contributed by atoms with van der Waals surface area (Å²) in [4.78, 5) is 20.4. The van der Waals surface area contributed by atoms with Crippen LogP contribution in [0.4, 0.5) is 21.7 Å². The summed E-state index contributed by atoms with van der Waals surface area (Å²) in [6, 6.07) is 4.75. The summed E-state index contributed by atoms with van der Waals surface area (Å²) in [5, 5.41) is 14.1. The molecule has 0 saturated carbocycles. The highest BCUT2D eigenvalue weighted by Crippen LogP contribution is 2.32. The van der Waals surface area contributed by atoms with Crippen molar-refractivity contribution >= 4 is 23.0 Å². The van der Waals surface area contributed by atoms with E-state index in [1.165, 1.54) is 17.1 Å². The molecule has 1 fully saturated rings. The van der Waals surface area contributed by atoms with Crippen LogP contribution < -0.4 is 10.2 Å². The van der Waals surface area contributed by atoms with E-state index in [4.69, 9.17) is 0 Å². The predicted octanol–water partition coefficient (Wildman–Crippen LogP) is 3.89. The highest BCUT2D eigenvalue weighted by Gasteiger charge is 2.25.